The maximum atomic E-state index is 12.7. The zero-order valence-corrected chi connectivity index (χ0v) is 19.3. The Morgan fingerprint density at radius 2 is 1.90 bits per heavy atom. The zero-order valence-electron chi connectivity index (χ0n) is 18.5. The first-order valence-corrected chi connectivity index (χ1v) is 10.8. The molecule has 0 N–H and O–H groups in total. The molecule has 1 aromatic rings. The fourth-order valence-corrected chi connectivity index (χ4v) is 4.51. The smallest absolute Gasteiger partial charge is 0.326 e. The molecule has 160 valence electrons. The number of amides is 2. The average molecular weight is 429 g/mol. The van der Waals surface area contributed by atoms with Crippen LogP contribution in [-0.4, -0.2) is 47.3 Å². The van der Waals surface area contributed by atoms with E-state index >= 15 is 0 Å². The Bertz CT molecular complexity index is 991. The van der Waals surface area contributed by atoms with Crippen LogP contribution in [-0.2, 0) is 14.3 Å². The maximum absolute atomic E-state index is 12.7. The molecule has 1 aromatic carbocycles. The van der Waals surface area contributed by atoms with Crippen LogP contribution in [0.25, 0.3) is 11.6 Å². The first-order chi connectivity index (χ1) is 13.9. The lowest BCUT2D eigenvalue weighted by atomic mass is 9.87. The van der Waals surface area contributed by atoms with Crippen LogP contribution in [0.3, 0.4) is 0 Å². The van der Waals surface area contributed by atoms with Crippen molar-refractivity contribution in [1.82, 2.24) is 4.90 Å². The molecule has 0 aromatic heterocycles. The van der Waals surface area contributed by atoms with E-state index in [1.807, 2.05) is 6.92 Å². The number of fused-ring (bicyclic) bond motifs is 1. The second-order valence-electron chi connectivity index (χ2n) is 8.57. The van der Waals surface area contributed by atoms with Gasteiger partial charge in [0.1, 0.15) is 6.54 Å². The summed E-state index contributed by atoms with van der Waals surface area (Å²) in [4.78, 5) is 40.4. The van der Waals surface area contributed by atoms with E-state index in [9.17, 15) is 14.4 Å². The van der Waals surface area contributed by atoms with E-state index in [1.165, 1.54) is 5.57 Å². The number of carbonyl (C=O) groups is 3. The highest BCUT2D eigenvalue weighted by molar-refractivity contribution is 8.18. The molecule has 0 unspecified atom stereocenters. The van der Waals surface area contributed by atoms with Crippen molar-refractivity contribution in [2.75, 3.05) is 18.5 Å². The molecule has 1 saturated heterocycles. The van der Waals surface area contributed by atoms with E-state index < -0.39 is 17.1 Å². The Morgan fingerprint density at radius 1 is 1.23 bits per heavy atom. The van der Waals surface area contributed by atoms with Crippen LogP contribution < -0.4 is 4.90 Å². The topological polar surface area (TPSA) is 66.9 Å². The van der Waals surface area contributed by atoms with Crippen LogP contribution in [0.2, 0.25) is 0 Å². The van der Waals surface area contributed by atoms with Gasteiger partial charge in [0.05, 0.1) is 16.5 Å². The number of likely N-dealkylation sites (N-methyl/N-ethyl adjacent to an activating group) is 1. The highest BCUT2D eigenvalue weighted by Gasteiger charge is 2.37. The molecular formula is C23H28N2O4S. The predicted molar refractivity (Wildman–Crippen MR) is 121 cm³/mol. The summed E-state index contributed by atoms with van der Waals surface area (Å²) in [5.74, 6) is -1.06. The summed E-state index contributed by atoms with van der Waals surface area (Å²) in [7, 11) is 2.07. The Balaban J connectivity index is 1.91. The van der Waals surface area contributed by atoms with Gasteiger partial charge in [0.25, 0.3) is 11.1 Å². The summed E-state index contributed by atoms with van der Waals surface area (Å²) in [6.07, 6.45) is 3.66. The molecule has 2 aliphatic rings. The van der Waals surface area contributed by atoms with Gasteiger partial charge < -0.3 is 9.64 Å². The predicted octanol–water partition coefficient (Wildman–Crippen LogP) is 4.61. The maximum Gasteiger partial charge on any atom is 0.326 e. The highest BCUT2D eigenvalue weighted by Crippen LogP contribution is 2.40. The van der Waals surface area contributed by atoms with E-state index in [4.69, 9.17) is 4.74 Å². The average Bonchev–Trinajstić information content (AvgIpc) is 2.87. The van der Waals surface area contributed by atoms with Crippen molar-refractivity contribution in [2.45, 2.75) is 53.2 Å². The number of imide groups is 1. The number of nitrogens with zero attached hydrogens (tertiary/aromatic N) is 2. The van der Waals surface area contributed by atoms with Gasteiger partial charge in [-0.15, -0.1) is 0 Å². The first kappa shape index (κ1) is 22.2. The second kappa shape index (κ2) is 7.95. The number of allylic oxidation sites excluding steroid dienone is 1. The minimum Gasteiger partial charge on any atom is -0.462 e. The third kappa shape index (κ3) is 4.17. The van der Waals surface area contributed by atoms with E-state index in [1.54, 1.807) is 19.9 Å². The SMILES string of the molecule is CC1=CC(C)(C)N(C)c2cc(C)c(/C=C3\SC(=O)N(CC(=O)OC(C)C)C3=O)cc21. The van der Waals surface area contributed by atoms with Crippen LogP contribution in [0, 0.1) is 6.92 Å². The van der Waals surface area contributed by atoms with Crippen LogP contribution in [0.5, 0.6) is 0 Å². The summed E-state index contributed by atoms with van der Waals surface area (Å²) >= 11 is 0.850. The molecule has 0 saturated carbocycles. The van der Waals surface area contributed by atoms with Gasteiger partial charge in [0, 0.05) is 18.3 Å². The molecule has 0 atom stereocenters. The molecule has 0 spiro atoms. The third-order valence-electron chi connectivity index (χ3n) is 5.42. The summed E-state index contributed by atoms with van der Waals surface area (Å²) in [5, 5.41) is -0.458. The van der Waals surface area contributed by atoms with E-state index in [2.05, 4.69) is 50.9 Å². The largest absolute Gasteiger partial charge is 0.462 e. The van der Waals surface area contributed by atoms with E-state index in [0.717, 1.165) is 39.0 Å². The zero-order chi connectivity index (χ0) is 22.4. The number of anilines is 1. The van der Waals surface area contributed by atoms with Gasteiger partial charge in [-0.25, -0.2) is 0 Å². The highest BCUT2D eigenvalue weighted by atomic mass is 32.2. The summed E-state index contributed by atoms with van der Waals surface area (Å²) in [6, 6.07) is 4.17. The third-order valence-corrected chi connectivity index (χ3v) is 6.33. The van der Waals surface area contributed by atoms with Gasteiger partial charge >= 0.3 is 5.97 Å². The Kier molecular flexibility index (Phi) is 5.87. The molecule has 2 amide bonds. The Morgan fingerprint density at radius 3 is 2.53 bits per heavy atom. The molecule has 0 bridgehead atoms. The molecule has 2 aliphatic heterocycles. The molecule has 7 heteroatoms. The van der Waals surface area contributed by atoms with Gasteiger partial charge in [0.15, 0.2) is 0 Å². The number of benzene rings is 1. The monoisotopic (exact) mass is 428 g/mol. The van der Waals surface area contributed by atoms with Crippen molar-refractivity contribution in [3.05, 3.63) is 39.8 Å². The minimum absolute atomic E-state index is 0.0850. The number of carbonyl (C=O) groups excluding carboxylic acids is 3. The number of hydrogen-bond donors (Lipinski definition) is 0. The van der Waals surface area contributed by atoms with Gasteiger partial charge in [-0.05, 0) is 88.2 Å². The summed E-state index contributed by atoms with van der Waals surface area (Å²) in [6.45, 7) is 11.5. The van der Waals surface area contributed by atoms with Gasteiger partial charge in [0.2, 0.25) is 0 Å². The molecule has 0 radical (unpaired) electrons. The fourth-order valence-electron chi connectivity index (χ4n) is 3.68. The number of thioether (sulfide) groups is 1. The number of rotatable bonds is 4. The van der Waals surface area contributed by atoms with Crippen LogP contribution >= 0.6 is 11.8 Å². The molecule has 0 aliphatic carbocycles. The van der Waals surface area contributed by atoms with Crippen molar-refractivity contribution < 1.29 is 19.1 Å². The van der Waals surface area contributed by atoms with Gasteiger partial charge in [-0.2, -0.15) is 0 Å². The quantitative estimate of drug-likeness (QED) is 0.515. The lowest BCUT2D eigenvalue weighted by Crippen LogP contribution is -2.42. The summed E-state index contributed by atoms with van der Waals surface area (Å²) < 4.78 is 5.06. The van der Waals surface area contributed by atoms with Gasteiger partial charge in [-0.3, -0.25) is 19.3 Å². The van der Waals surface area contributed by atoms with Crippen molar-refractivity contribution in [3.63, 3.8) is 0 Å². The number of ether oxygens (including phenoxy) is 1. The molecular weight excluding hydrogens is 400 g/mol. The van der Waals surface area contributed by atoms with Gasteiger partial charge in [-0.1, -0.05) is 6.08 Å². The lowest BCUT2D eigenvalue weighted by molar-refractivity contribution is -0.149. The standard InChI is InChI=1S/C23H28N2O4S/c1-13(2)29-20(26)12-25-21(27)19(30-22(25)28)10-16-9-17-15(4)11-23(5,6)24(7)18(17)8-14(16)3/h8-11,13H,12H2,1-7H3/b19-10-. The molecule has 2 heterocycles. The normalized spacial score (nSPS) is 19.5. The van der Waals surface area contributed by atoms with E-state index in [-0.39, 0.29) is 18.2 Å². The van der Waals surface area contributed by atoms with E-state index in [0.29, 0.717) is 4.91 Å². The number of hydrogen-bond acceptors (Lipinski definition) is 6. The van der Waals surface area contributed by atoms with Crippen molar-refractivity contribution in [3.8, 4) is 0 Å². The molecule has 1 fully saturated rings. The van der Waals surface area contributed by atoms with Crippen molar-refractivity contribution in [1.29, 1.82) is 0 Å². The van der Waals surface area contributed by atoms with Crippen molar-refractivity contribution in [2.24, 2.45) is 0 Å². The van der Waals surface area contributed by atoms with Crippen LogP contribution in [0.15, 0.2) is 23.1 Å². The second-order valence-corrected chi connectivity index (χ2v) is 9.57. The Labute approximate surface area is 181 Å². The van der Waals surface area contributed by atoms with Crippen molar-refractivity contribution >= 4 is 46.2 Å². The Hall–Kier alpha value is -2.54. The molecule has 30 heavy (non-hydrogen) atoms. The minimum atomic E-state index is -0.593. The van der Waals surface area contributed by atoms with Crippen LogP contribution in [0.1, 0.15) is 51.3 Å². The first-order valence-electron chi connectivity index (χ1n) is 9.94. The molecule has 3 rings (SSSR count). The fraction of sp³-hybridized carbons (Fsp3) is 0.435. The molecule has 6 nitrogen and oxygen atoms in total. The summed E-state index contributed by atoms with van der Waals surface area (Å²) in [5.41, 5.74) is 5.22. The lowest BCUT2D eigenvalue weighted by Gasteiger charge is -2.41. The number of esters is 1. The number of aryl methyl sites for hydroxylation is 1. The van der Waals surface area contributed by atoms with Crippen LogP contribution in [0.4, 0.5) is 10.5 Å².